The van der Waals surface area contributed by atoms with Crippen molar-refractivity contribution in [1.82, 2.24) is 5.32 Å². The highest BCUT2D eigenvalue weighted by Gasteiger charge is 2.09. The first-order valence-corrected chi connectivity index (χ1v) is 6.96. The van der Waals surface area contributed by atoms with E-state index < -0.39 is 0 Å². The molecule has 96 valence electrons. The Bertz CT molecular complexity index is 317. The monoisotopic (exact) mass is 233 g/mol. The predicted molar refractivity (Wildman–Crippen MR) is 76.3 cm³/mol. The summed E-state index contributed by atoms with van der Waals surface area (Å²) in [5.41, 5.74) is 2.99. The van der Waals surface area contributed by atoms with E-state index in [1.807, 2.05) is 0 Å². The van der Waals surface area contributed by atoms with E-state index in [0.717, 1.165) is 6.54 Å². The van der Waals surface area contributed by atoms with Gasteiger partial charge >= 0.3 is 0 Å². The maximum atomic E-state index is 3.62. The Morgan fingerprint density at radius 1 is 1.12 bits per heavy atom. The molecule has 0 amide bonds. The summed E-state index contributed by atoms with van der Waals surface area (Å²) in [6.45, 7) is 10.1. The lowest BCUT2D eigenvalue weighted by molar-refractivity contribution is 0.494. The summed E-state index contributed by atoms with van der Waals surface area (Å²) in [7, 11) is 0. The largest absolute Gasteiger partial charge is 0.310 e. The summed E-state index contributed by atoms with van der Waals surface area (Å²) in [5.74, 6) is 0.709. The highest BCUT2D eigenvalue weighted by molar-refractivity contribution is 5.29. The molecule has 1 atom stereocenters. The summed E-state index contributed by atoms with van der Waals surface area (Å²) in [4.78, 5) is 0. The Hall–Kier alpha value is -0.820. The number of aryl methyl sites for hydroxylation is 1. The van der Waals surface area contributed by atoms with Gasteiger partial charge in [-0.2, -0.15) is 0 Å². The number of rotatable bonds is 7. The average molecular weight is 233 g/mol. The minimum Gasteiger partial charge on any atom is -0.310 e. The molecule has 17 heavy (non-hydrogen) atoms. The second-order valence-electron chi connectivity index (χ2n) is 5.33. The highest BCUT2D eigenvalue weighted by atomic mass is 14.9. The van der Waals surface area contributed by atoms with Gasteiger partial charge in [-0.15, -0.1) is 0 Å². The molecule has 0 saturated carbocycles. The predicted octanol–water partition coefficient (Wildman–Crippen LogP) is 4.34. The van der Waals surface area contributed by atoms with E-state index in [1.165, 1.54) is 30.4 Å². The van der Waals surface area contributed by atoms with Gasteiger partial charge in [0.15, 0.2) is 0 Å². The van der Waals surface area contributed by atoms with E-state index in [-0.39, 0.29) is 0 Å². The molecule has 1 aromatic carbocycles. The summed E-state index contributed by atoms with van der Waals surface area (Å²) in [5, 5.41) is 3.62. The lowest BCUT2D eigenvalue weighted by Crippen LogP contribution is -2.24. The SMILES string of the molecule is CCCCc1ccccc1C(C)NCC(C)C. The van der Waals surface area contributed by atoms with E-state index >= 15 is 0 Å². The molecule has 0 heterocycles. The Balaban J connectivity index is 2.67. The number of unbranched alkanes of at least 4 members (excludes halogenated alkanes) is 1. The highest BCUT2D eigenvalue weighted by Crippen LogP contribution is 2.19. The van der Waals surface area contributed by atoms with Gasteiger partial charge in [0.2, 0.25) is 0 Å². The van der Waals surface area contributed by atoms with Crippen molar-refractivity contribution in [2.45, 2.75) is 53.0 Å². The second-order valence-corrected chi connectivity index (χ2v) is 5.33. The van der Waals surface area contributed by atoms with Crippen LogP contribution in [0.15, 0.2) is 24.3 Å². The summed E-state index contributed by atoms with van der Waals surface area (Å²) >= 11 is 0. The molecule has 1 heteroatoms. The van der Waals surface area contributed by atoms with Crippen molar-refractivity contribution in [3.63, 3.8) is 0 Å². The van der Waals surface area contributed by atoms with Crippen molar-refractivity contribution in [3.05, 3.63) is 35.4 Å². The van der Waals surface area contributed by atoms with Crippen LogP contribution < -0.4 is 5.32 Å². The van der Waals surface area contributed by atoms with Gasteiger partial charge in [-0.1, -0.05) is 51.5 Å². The molecule has 0 radical (unpaired) electrons. The van der Waals surface area contributed by atoms with Gasteiger partial charge in [0.1, 0.15) is 0 Å². The lowest BCUT2D eigenvalue weighted by Gasteiger charge is -2.19. The molecule has 0 saturated heterocycles. The minimum absolute atomic E-state index is 0.463. The molecule has 0 aromatic heterocycles. The van der Waals surface area contributed by atoms with Crippen molar-refractivity contribution in [3.8, 4) is 0 Å². The first-order valence-electron chi connectivity index (χ1n) is 6.96. The standard InChI is InChI=1S/C16H27N/c1-5-6-9-15-10-7-8-11-16(15)14(4)17-12-13(2)3/h7-8,10-11,13-14,17H,5-6,9,12H2,1-4H3. The van der Waals surface area contributed by atoms with Crippen LogP contribution in [0.1, 0.15) is 57.7 Å². The number of nitrogens with one attached hydrogen (secondary N) is 1. The van der Waals surface area contributed by atoms with Crippen LogP contribution in [-0.4, -0.2) is 6.54 Å². The minimum atomic E-state index is 0.463. The van der Waals surface area contributed by atoms with Crippen LogP contribution in [0.25, 0.3) is 0 Å². The van der Waals surface area contributed by atoms with Crippen molar-refractivity contribution < 1.29 is 0 Å². The molecule has 1 N–H and O–H groups in total. The third-order valence-corrected chi connectivity index (χ3v) is 3.15. The van der Waals surface area contributed by atoms with Gasteiger partial charge < -0.3 is 5.32 Å². The summed E-state index contributed by atoms with van der Waals surface area (Å²) in [6.07, 6.45) is 3.76. The van der Waals surface area contributed by atoms with Gasteiger partial charge in [0.05, 0.1) is 0 Å². The molecule has 0 bridgehead atoms. The quantitative estimate of drug-likeness (QED) is 0.739. The molecule has 0 aliphatic carbocycles. The van der Waals surface area contributed by atoms with Gasteiger partial charge in [-0.05, 0) is 43.4 Å². The molecule has 0 aliphatic heterocycles. The maximum Gasteiger partial charge on any atom is 0.0294 e. The normalized spacial score (nSPS) is 13.0. The summed E-state index contributed by atoms with van der Waals surface area (Å²) < 4.78 is 0. The van der Waals surface area contributed by atoms with Gasteiger partial charge in [0.25, 0.3) is 0 Å². The van der Waals surface area contributed by atoms with Crippen molar-refractivity contribution >= 4 is 0 Å². The van der Waals surface area contributed by atoms with Crippen LogP contribution in [0.3, 0.4) is 0 Å². The molecule has 1 unspecified atom stereocenters. The first kappa shape index (κ1) is 14.2. The van der Waals surface area contributed by atoms with Crippen molar-refractivity contribution in [1.29, 1.82) is 0 Å². The fraction of sp³-hybridized carbons (Fsp3) is 0.625. The van der Waals surface area contributed by atoms with Gasteiger partial charge in [-0.25, -0.2) is 0 Å². The summed E-state index contributed by atoms with van der Waals surface area (Å²) in [6, 6.07) is 9.31. The van der Waals surface area contributed by atoms with Crippen LogP contribution in [0.5, 0.6) is 0 Å². The van der Waals surface area contributed by atoms with E-state index in [4.69, 9.17) is 0 Å². The zero-order chi connectivity index (χ0) is 12.7. The molecule has 1 nitrogen and oxygen atoms in total. The van der Waals surface area contributed by atoms with Gasteiger partial charge in [-0.3, -0.25) is 0 Å². The Morgan fingerprint density at radius 2 is 1.82 bits per heavy atom. The van der Waals surface area contributed by atoms with E-state index in [9.17, 15) is 0 Å². The third-order valence-electron chi connectivity index (χ3n) is 3.15. The third kappa shape index (κ3) is 4.91. The average Bonchev–Trinajstić information content (AvgIpc) is 2.33. The number of benzene rings is 1. The van der Waals surface area contributed by atoms with E-state index in [2.05, 4.69) is 57.3 Å². The smallest absolute Gasteiger partial charge is 0.0294 e. The van der Waals surface area contributed by atoms with Crippen LogP contribution in [0.4, 0.5) is 0 Å². The zero-order valence-corrected chi connectivity index (χ0v) is 11.8. The molecule has 1 aromatic rings. The van der Waals surface area contributed by atoms with Crippen LogP contribution in [0, 0.1) is 5.92 Å². The van der Waals surface area contributed by atoms with Crippen LogP contribution in [-0.2, 0) is 6.42 Å². The molecule has 0 aliphatic rings. The van der Waals surface area contributed by atoms with Crippen molar-refractivity contribution in [2.75, 3.05) is 6.54 Å². The Kier molecular flexibility index (Phi) is 6.28. The number of hydrogen-bond acceptors (Lipinski definition) is 1. The van der Waals surface area contributed by atoms with Crippen LogP contribution in [0.2, 0.25) is 0 Å². The maximum absolute atomic E-state index is 3.62. The molecule has 0 fully saturated rings. The van der Waals surface area contributed by atoms with Gasteiger partial charge in [0, 0.05) is 6.04 Å². The molecule has 0 spiro atoms. The second kappa shape index (κ2) is 7.50. The van der Waals surface area contributed by atoms with Crippen LogP contribution >= 0.6 is 0 Å². The lowest BCUT2D eigenvalue weighted by atomic mass is 9.97. The van der Waals surface area contributed by atoms with Crippen molar-refractivity contribution in [2.24, 2.45) is 5.92 Å². The van der Waals surface area contributed by atoms with E-state index in [0.29, 0.717) is 12.0 Å². The van der Waals surface area contributed by atoms with E-state index in [1.54, 1.807) is 0 Å². The molecular formula is C16H27N. The first-order chi connectivity index (χ1) is 8.15. The fourth-order valence-corrected chi connectivity index (χ4v) is 2.07. The molecule has 1 rings (SSSR count). The zero-order valence-electron chi connectivity index (χ0n) is 11.8. The Labute approximate surface area is 107 Å². The number of hydrogen-bond donors (Lipinski definition) is 1. The fourth-order valence-electron chi connectivity index (χ4n) is 2.07. The molecular weight excluding hydrogens is 206 g/mol. The topological polar surface area (TPSA) is 12.0 Å². The Morgan fingerprint density at radius 3 is 2.47 bits per heavy atom.